The van der Waals surface area contributed by atoms with Gasteiger partial charge in [0.15, 0.2) is 5.69 Å². The third-order valence-electron chi connectivity index (χ3n) is 2.36. The van der Waals surface area contributed by atoms with Crippen LogP contribution in [-0.4, -0.2) is 22.0 Å². The molecule has 5 nitrogen and oxygen atoms in total. The molecule has 0 aliphatic carbocycles. The van der Waals surface area contributed by atoms with Crippen LogP contribution in [0.5, 0.6) is 0 Å². The number of hydrogen-bond donors (Lipinski definition) is 1. The summed E-state index contributed by atoms with van der Waals surface area (Å²) in [5, 5.41) is 0. The number of imidazole rings is 1. The van der Waals surface area contributed by atoms with Gasteiger partial charge in [0.05, 0.1) is 6.61 Å². The van der Waals surface area contributed by atoms with E-state index in [1.54, 1.807) is 6.92 Å². The molecule has 2 rings (SSSR count). The largest absolute Gasteiger partial charge is 0.461 e. The second kappa shape index (κ2) is 4.45. The van der Waals surface area contributed by atoms with Crippen molar-refractivity contribution in [3.63, 3.8) is 0 Å². The number of carbonyl (C=O) groups is 1. The molecule has 0 fully saturated rings. The van der Waals surface area contributed by atoms with E-state index in [1.807, 2.05) is 0 Å². The molecule has 0 atom stereocenters. The zero-order valence-corrected chi connectivity index (χ0v) is 9.86. The lowest BCUT2D eigenvalue weighted by Crippen LogP contribution is -2.09. The number of alkyl halides is 3. The lowest BCUT2D eigenvalue weighted by Gasteiger charge is -2.08. The Labute approximate surface area is 105 Å². The van der Waals surface area contributed by atoms with E-state index in [1.165, 1.54) is 6.20 Å². The highest BCUT2D eigenvalue weighted by atomic mass is 19.4. The molecule has 102 valence electrons. The number of hydrogen-bond acceptors (Lipinski definition) is 4. The highest BCUT2D eigenvalue weighted by molar-refractivity contribution is 5.88. The van der Waals surface area contributed by atoms with E-state index in [0.29, 0.717) is 0 Å². The van der Waals surface area contributed by atoms with Crippen LogP contribution < -0.4 is 5.73 Å². The van der Waals surface area contributed by atoms with E-state index in [4.69, 9.17) is 5.73 Å². The molecule has 2 heterocycles. The fourth-order valence-corrected chi connectivity index (χ4v) is 1.63. The minimum absolute atomic E-state index is 0.0763. The molecule has 0 saturated carbocycles. The molecule has 2 N–H and O–H groups in total. The van der Waals surface area contributed by atoms with E-state index in [-0.39, 0.29) is 23.6 Å². The number of carbonyl (C=O) groups excluding carboxylic acids is 1. The molecule has 0 amide bonds. The van der Waals surface area contributed by atoms with Gasteiger partial charge in [0.25, 0.3) is 0 Å². The SMILES string of the molecule is CCOC(=O)c1cn2cc(N)cc(C(F)(F)F)c2n1. The van der Waals surface area contributed by atoms with Gasteiger partial charge in [0.1, 0.15) is 11.2 Å². The normalized spacial score (nSPS) is 11.8. The van der Waals surface area contributed by atoms with E-state index < -0.39 is 17.7 Å². The molecule has 0 aliphatic heterocycles. The summed E-state index contributed by atoms with van der Waals surface area (Å²) in [5.41, 5.74) is 3.75. The van der Waals surface area contributed by atoms with E-state index in [0.717, 1.165) is 16.7 Å². The zero-order valence-electron chi connectivity index (χ0n) is 9.86. The first-order chi connectivity index (χ1) is 8.82. The average molecular weight is 273 g/mol. The van der Waals surface area contributed by atoms with Crippen molar-refractivity contribution in [2.24, 2.45) is 0 Å². The number of nitrogen functional groups attached to an aromatic ring is 1. The topological polar surface area (TPSA) is 69.6 Å². The maximum Gasteiger partial charge on any atom is 0.420 e. The van der Waals surface area contributed by atoms with Crippen molar-refractivity contribution in [3.8, 4) is 0 Å². The Balaban J connectivity index is 2.62. The molecular formula is C11H10F3N3O2. The minimum Gasteiger partial charge on any atom is -0.461 e. The number of nitrogens with zero attached hydrogens (tertiary/aromatic N) is 2. The number of ether oxygens (including phenoxy) is 1. The summed E-state index contributed by atoms with van der Waals surface area (Å²) in [6, 6.07) is 0.775. The van der Waals surface area contributed by atoms with Crippen LogP contribution >= 0.6 is 0 Å². The number of pyridine rings is 1. The predicted molar refractivity (Wildman–Crippen MR) is 60.6 cm³/mol. The van der Waals surface area contributed by atoms with Crippen molar-refractivity contribution in [2.45, 2.75) is 13.1 Å². The van der Waals surface area contributed by atoms with Crippen LogP contribution in [-0.2, 0) is 10.9 Å². The highest BCUT2D eigenvalue weighted by Crippen LogP contribution is 2.33. The standard InChI is InChI=1S/C11H10F3N3O2/c1-2-19-10(18)8-5-17-4-6(15)3-7(9(17)16-8)11(12,13)14/h3-5H,2,15H2,1H3. The molecule has 19 heavy (non-hydrogen) atoms. The first kappa shape index (κ1) is 13.2. The van der Waals surface area contributed by atoms with Crippen molar-refractivity contribution in [2.75, 3.05) is 12.3 Å². The second-order valence-electron chi connectivity index (χ2n) is 3.76. The lowest BCUT2D eigenvalue weighted by molar-refractivity contribution is -0.136. The maximum absolute atomic E-state index is 12.8. The predicted octanol–water partition coefficient (Wildman–Crippen LogP) is 2.11. The molecule has 0 aromatic carbocycles. The molecule has 2 aromatic rings. The lowest BCUT2D eigenvalue weighted by atomic mass is 10.2. The van der Waals surface area contributed by atoms with E-state index in [2.05, 4.69) is 9.72 Å². The number of anilines is 1. The Morgan fingerprint density at radius 3 is 2.74 bits per heavy atom. The Morgan fingerprint density at radius 1 is 1.47 bits per heavy atom. The summed E-state index contributed by atoms with van der Waals surface area (Å²) in [6.45, 7) is 1.70. The van der Waals surface area contributed by atoms with Crippen LogP contribution in [0.15, 0.2) is 18.5 Å². The quantitative estimate of drug-likeness (QED) is 0.851. The number of esters is 1. The van der Waals surface area contributed by atoms with Gasteiger partial charge in [-0.3, -0.25) is 0 Å². The van der Waals surface area contributed by atoms with Gasteiger partial charge in [-0.25, -0.2) is 9.78 Å². The number of rotatable bonds is 2. The smallest absolute Gasteiger partial charge is 0.420 e. The van der Waals surface area contributed by atoms with Crippen molar-refractivity contribution >= 4 is 17.3 Å². The van der Waals surface area contributed by atoms with Crippen molar-refractivity contribution in [3.05, 3.63) is 29.7 Å². The number of fused-ring (bicyclic) bond motifs is 1. The summed E-state index contributed by atoms with van der Waals surface area (Å²) in [7, 11) is 0. The Hall–Kier alpha value is -2.25. The Morgan fingerprint density at radius 2 is 2.16 bits per heavy atom. The van der Waals surface area contributed by atoms with E-state index >= 15 is 0 Å². The van der Waals surface area contributed by atoms with Crippen LogP contribution in [0.1, 0.15) is 23.0 Å². The molecule has 8 heteroatoms. The molecule has 0 aliphatic rings. The third kappa shape index (κ3) is 2.47. The fraction of sp³-hybridized carbons (Fsp3) is 0.273. The number of aromatic nitrogens is 2. The van der Waals surface area contributed by atoms with Crippen molar-refractivity contribution in [1.82, 2.24) is 9.38 Å². The van der Waals surface area contributed by atoms with Crippen molar-refractivity contribution in [1.29, 1.82) is 0 Å². The third-order valence-corrected chi connectivity index (χ3v) is 2.36. The molecular weight excluding hydrogens is 263 g/mol. The summed E-state index contributed by atoms with van der Waals surface area (Å²) in [6.07, 6.45) is -2.20. The maximum atomic E-state index is 12.8. The molecule has 0 saturated heterocycles. The molecule has 0 bridgehead atoms. The molecule has 0 unspecified atom stereocenters. The van der Waals surface area contributed by atoms with Crippen LogP contribution in [0, 0.1) is 0 Å². The average Bonchev–Trinajstić information content (AvgIpc) is 2.70. The van der Waals surface area contributed by atoms with Gasteiger partial charge in [0, 0.05) is 18.1 Å². The number of halogens is 3. The second-order valence-corrected chi connectivity index (χ2v) is 3.76. The number of nitrogens with two attached hydrogens (primary N) is 1. The summed E-state index contributed by atoms with van der Waals surface area (Å²) < 4.78 is 44.2. The molecule has 0 radical (unpaired) electrons. The summed E-state index contributed by atoms with van der Waals surface area (Å²) >= 11 is 0. The van der Waals surface area contributed by atoms with Crippen molar-refractivity contribution < 1.29 is 22.7 Å². The first-order valence-corrected chi connectivity index (χ1v) is 5.35. The van der Waals surface area contributed by atoms with Crippen LogP contribution in [0.3, 0.4) is 0 Å². The summed E-state index contributed by atoms with van der Waals surface area (Å²) in [4.78, 5) is 15.1. The first-order valence-electron chi connectivity index (χ1n) is 5.35. The minimum atomic E-state index is -4.60. The monoisotopic (exact) mass is 273 g/mol. The van der Waals surface area contributed by atoms with Gasteiger partial charge in [-0.05, 0) is 13.0 Å². The highest BCUT2D eigenvalue weighted by Gasteiger charge is 2.34. The van der Waals surface area contributed by atoms with Gasteiger partial charge in [-0.1, -0.05) is 0 Å². The Bertz CT molecular complexity index is 634. The zero-order chi connectivity index (χ0) is 14.2. The fourth-order valence-electron chi connectivity index (χ4n) is 1.63. The summed E-state index contributed by atoms with van der Waals surface area (Å²) in [5.74, 6) is -0.780. The Kier molecular flexibility index (Phi) is 3.09. The van der Waals surface area contributed by atoms with Gasteiger partial charge >= 0.3 is 12.1 Å². The van der Waals surface area contributed by atoms with E-state index in [9.17, 15) is 18.0 Å². The molecule has 0 spiro atoms. The van der Waals surface area contributed by atoms with Crippen LogP contribution in [0.2, 0.25) is 0 Å². The van der Waals surface area contributed by atoms with Gasteiger partial charge in [-0.15, -0.1) is 0 Å². The van der Waals surface area contributed by atoms with Gasteiger partial charge in [-0.2, -0.15) is 13.2 Å². The van der Waals surface area contributed by atoms with Crippen LogP contribution in [0.25, 0.3) is 5.65 Å². The van der Waals surface area contributed by atoms with Gasteiger partial charge < -0.3 is 14.9 Å². The molecule has 2 aromatic heterocycles. The van der Waals surface area contributed by atoms with Gasteiger partial charge in [0.2, 0.25) is 0 Å². The van der Waals surface area contributed by atoms with Crippen LogP contribution in [0.4, 0.5) is 18.9 Å².